The molecule has 0 aromatic carbocycles. The summed E-state index contributed by atoms with van der Waals surface area (Å²) in [7, 11) is -1.77. The molecule has 0 radical (unpaired) electrons. The maximum Gasteiger partial charge on any atom is 0.200 e. The highest BCUT2D eigenvalue weighted by molar-refractivity contribution is 9.09. The second-order valence-corrected chi connectivity index (χ2v) is 14.4. The summed E-state index contributed by atoms with van der Waals surface area (Å²) in [6.07, 6.45) is 4.95. The van der Waals surface area contributed by atoms with E-state index in [0.29, 0.717) is 22.5 Å². The molecule has 0 N–H and O–H groups in total. The summed E-state index contributed by atoms with van der Waals surface area (Å²) in [5.41, 5.74) is 3.72. The summed E-state index contributed by atoms with van der Waals surface area (Å²) in [5, 5.41) is 0.983. The summed E-state index contributed by atoms with van der Waals surface area (Å²) < 4.78 is 6.94. The molecule has 3 heteroatoms. The molecule has 0 aromatic rings. The monoisotopic (exact) mass is 388 g/mol. The molecule has 0 fully saturated rings. The summed E-state index contributed by atoms with van der Waals surface area (Å²) >= 11 is 3.71. The molecule has 130 valence electrons. The minimum atomic E-state index is -1.77. The lowest BCUT2D eigenvalue weighted by molar-refractivity contribution is 0.112. The van der Waals surface area contributed by atoms with Crippen molar-refractivity contribution in [1.82, 2.24) is 0 Å². The average molecular weight is 389 g/mol. The van der Waals surface area contributed by atoms with Crippen LogP contribution in [-0.4, -0.2) is 20.3 Å². The van der Waals surface area contributed by atoms with Crippen molar-refractivity contribution in [2.75, 3.05) is 11.9 Å². The number of hydrogen-bond acceptors (Lipinski definition) is 1. The van der Waals surface area contributed by atoms with Gasteiger partial charge in [0.1, 0.15) is 0 Å². The summed E-state index contributed by atoms with van der Waals surface area (Å²) in [4.78, 5) is 0. The second kappa shape index (κ2) is 7.98. The zero-order valence-electron chi connectivity index (χ0n) is 16.0. The van der Waals surface area contributed by atoms with Crippen LogP contribution in [0.25, 0.3) is 0 Å². The highest BCUT2D eigenvalue weighted by Crippen LogP contribution is 2.47. The van der Waals surface area contributed by atoms with E-state index >= 15 is 0 Å². The van der Waals surface area contributed by atoms with Gasteiger partial charge in [-0.25, -0.2) is 0 Å². The molecule has 0 aliphatic heterocycles. The van der Waals surface area contributed by atoms with E-state index in [1.54, 1.807) is 5.57 Å². The van der Waals surface area contributed by atoms with E-state index in [-0.39, 0.29) is 5.41 Å². The predicted octanol–water partition coefficient (Wildman–Crippen LogP) is 6.94. The van der Waals surface area contributed by atoms with Crippen LogP contribution in [0.2, 0.25) is 16.6 Å². The average Bonchev–Trinajstić information content (AvgIpc) is 2.41. The van der Waals surface area contributed by atoms with Gasteiger partial charge in [0.05, 0.1) is 0 Å². The summed E-state index contributed by atoms with van der Waals surface area (Å²) in [6.45, 7) is 20.0. The van der Waals surface area contributed by atoms with E-state index in [9.17, 15) is 0 Å². The van der Waals surface area contributed by atoms with Gasteiger partial charge in [0.2, 0.25) is 0 Å². The van der Waals surface area contributed by atoms with Gasteiger partial charge in [0.15, 0.2) is 8.32 Å². The maximum atomic E-state index is 6.94. The highest BCUT2D eigenvalue weighted by Gasteiger charge is 2.47. The molecule has 1 aliphatic carbocycles. The summed E-state index contributed by atoms with van der Waals surface area (Å²) in [5.74, 6) is 0.697. The van der Waals surface area contributed by atoms with Crippen molar-refractivity contribution >= 4 is 24.2 Å². The SMILES string of the molecule is CC(C)[Si](OC[C@@]1(C)C(CBr)=CCC[C@@H]1C)(C(C)C)C(C)C. The van der Waals surface area contributed by atoms with Crippen LogP contribution in [0, 0.1) is 11.3 Å². The molecular weight excluding hydrogens is 352 g/mol. The Bertz CT molecular complexity index is 367. The van der Waals surface area contributed by atoms with E-state index in [4.69, 9.17) is 4.43 Å². The quantitative estimate of drug-likeness (QED) is 0.260. The smallest absolute Gasteiger partial charge is 0.200 e. The lowest BCUT2D eigenvalue weighted by Crippen LogP contribution is -2.51. The van der Waals surface area contributed by atoms with Crippen molar-refractivity contribution in [1.29, 1.82) is 0 Å². The van der Waals surface area contributed by atoms with Gasteiger partial charge in [-0.15, -0.1) is 0 Å². The summed E-state index contributed by atoms with van der Waals surface area (Å²) in [6, 6.07) is 0. The van der Waals surface area contributed by atoms with Gasteiger partial charge in [0, 0.05) is 17.4 Å². The Morgan fingerprint density at radius 1 is 1.18 bits per heavy atom. The van der Waals surface area contributed by atoms with Crippen molar-refractivity contribution in [3.8, 4) is 0 Å². The van der Waals surface area contributed by atoms with Crippen LogP contribution in [0.4, 0.5) is 0 Å². The first kappa shape index (κ1) is 20.4. The Kier molecular flexibility index (Phi) is 7.42. The van der Waals surface area contributed by atoms with Gasteiger partial charge in [0.25, 0.3) is 0 Å². The Morgan fingerprint density at radius 3 is 2.09 bits per heavy atom. The third-order valence-corrected chi connectivity index (χ3v) is 12.9. The first-order valence-electron chi connectivity index (χ1n) is 9.02. The molecule has 0 spiro atoms. The molecule has 0 saturated carbocycles. The van der Waals surface area contributed by atoms with Crippen molar-refractivity contribution in [2.45, 2.75) is 84.9 Å². The standard InChI is InChI=1S/C19H37BrOSi/c1-14(2)22(15(3)4,16(5)6)21-13-19(8)17(7)10-9-11-18(19)12-20/h11,14-17H,9-10,12-13H2,1-8H3/t17-,19+/m0/s1. The van der Waals surface area contributed by atoms with Crippen LogP contribution < -0.4 is 0 Å². The van der Waals surface area contributed by atoms with Crippen molar-refractivity contribution in [3.63, 3.8) is 0 Å². The molecule has 1 nitrogen and oxygen atoms in total. The number of halogens is 1. The van der Waals surface area contributed by atoms with Gasteiger partial charge in [-0.3, -0.25) is 0 Å². The molecule has 0 amide bonds. The molecule has 1 aliphatic rings. The van der Waals surface area contributed by atoms with E-state index in [2.05, 4.69) is 77.4 Å². The number of allylic oxidation sites excluding steroid dienone is 1. The molecule has 0 unspecified atom stereocenters. The fraction of sp³-hybridized carbons (Fsp3) is 0.895. The van der Waals surface area contributed by atoms with Gasteiger partial charge in [-0.2, -0.15) is 0 Å². The molecule has 0 aromatic heterocycles. The largest absolute Gasteiger partial charge is 0.415 e. The number of hydrogen-bond donors (Lipinski definition) is 0. The molecule has 0 saturated heterocycles. The Labute approximate surface area is 148 Å². The highest BCUT2D eigenvalue weighted by atomic mass is 79.9. The van der Waals surface area contributed by atoms with Gasteiger partial charge in [-0.1, -0.05) is 83.0 Å². The Morgan fingerprint density at radius 2 is 1.68 bits per heavy atom. The van der Waals surface area contributed by atoms with Gasteiger partial charge >= 0.3 is 0 Å². The lowest BCUT2D eigenvalue weighted by Gasteiger charge is -2.47. The van der Waals surface area contributed by atoms with Crippen LogP contribution >= 0.6 is 15.9 Å². The van der Waals surface area contributed by atoms with Crippen LogP contribution in [0.15, 0.2) is 11.6 Å². The third-order valence-electron chi connectivity index (χ3n) is 6.28. The topological polar surface area (TPSA) is 9.23 Å². The van der Waals surface area contributed by atoms with E-state index in [1.165, 1.54) is 12.8 Å². The molecule has 0 heterocycles. The Balaban J connectivity index is 3.05. The van der Waals surface area contributed by atoms with Crippen LogP contribution in [0.1, 0.15) is 68.2 Å². The Hall–Kier alpha value is 0.397. The lowest BCUT2D eigenvalue weighted by atomic mass is 9.68. The normalized spacial score (nSPS) is 26.9. The van der Waals surface area contributed by atoms with Crippen LogP contribution in [0.5, 0.6) is 0 Å². The predicted molar refractivity (Wildman–Crippen MR) is 105 cm³/mol. The van der Waals surface area contributed by atoms with Crippen molar-refractivity contribution < 1.29 is 4.43 Å². The maximum absolute atomic E-state index is 6.94. The van der Waals surface area contributed by atoms with Gasteiger partial charge in [-0.05, 0) is 35.4 Å². The molecule has 22 heavy (non-hydrogen) atoms. The van der Waals surface area contributed by atoms with Gasteiger partial charge < -0.3 is 4.43 Å². The van der Waals surface area contributed by atoms with E-state index in [1.807, 2.05) is 0 Å². The number of alkyl halides is 1. The fourth-order valence-electron chi connectivity index (χ4n) is 4.59. The first-order chi connectivity index (χ1) is 10.1. The van der Waals surface area contributed by atoms with Crippen LogP contribution in [0.3, 0.4) is 0 Å². The molecule has 2 atom stereocenters. The third kappa shape index (κ3) is 3.72. The molecule has 1 rings (SSSR count). The second-order valence-electron chi connectivity index (χ2n) is 8.37. The van der Waals surface area contributed by atoms with Crippen molar-refractivity contribution in [3.05, 3.63) is 11.6 Å². The van der Waals surface area contributed by atoms with Crippen LogP contribution in [-0.2, 0) is 4.43 Å². The van der Waals surface area contributed by atoms with Crippen molar-refractivity contribution in [2.24, 2.45) is 11.3 Å². The zero-order valence-corrected chi connectivity index (χ0v) is 18.6. The minimum absolute atomic E-state index is 0.193. The first-order valence-corrected chi connectivity index (χ1v) is 12.3. The fourth-order valence-corrected chi connectivity index (χ4v) is 11.0. The van der Waals surface area contributed by atoms with E-state index < -0.39 is 8.32 Å². The zero-order chi connectivity index (χ0) is 17.1. The minimum Gasteiger partial charge on any atom is -0.415 e. The number of rotatable bonds is 7. The van der Waals surface area contributed by atoms with E-state index in [0.717, 1.165) is 11.9 Å². The molecule has 0 bridgehead atoms. The molecular formula is C19H37BrOSi.